The Kier molecular flexibility index (Phi) is 3.50. The first-order chi connectivity index (χ1) is 9.76. The number of benzene rings is 2. The highest BCUT2D eigenvalue weighted by molar-refractivity contribution is 5.85. The second-order valence-corrected chi connectivity index (χ2v) is 5.33. The molecular weight excluding hydrogens is 246 g/mol. The molecule has 3 N–H and O–H groups in total. The summed E-state index contributed by atoms with van der Waals surface area (Å²) in [7, 11) is 0. The molecule has 0 saturated heterocycles. The monoisotopic (exact) mass is 267 g/mol. The summed E-state index contributed by atoms with van der Waals surface area (Å²) >= 11 is 0. The van der Waals surface area contributed by atoms with Crippen LogP contribution in [0.3, 0.4) is 0 Å². The maximum absolute atomic E-state index is 5.79. The van der Waals surface area contributed by atoms with Gasteiger partial charge in [0.1, 0.15) is 0 Å². The van der Waals surface area contributed by atoms with Crippen molar-refractivity contribution in [3.05, 3.63) is 54.4 Å². The minimum Gasteiger partial charge on any atom is -0.386 e. The summed E-state index contributed by atoms with van der Waals surface area (Å²) < 4.78 is 0. The van der Waals surface area contributed by atoms with Crippen molar-refractivity contribution in [1.82, 2.24) is 5.32 Å². The van der Waals surface area contributed by atoms with Crippen LogP contribution in [0.5, 0.6) is 0 Å². The van der Waals surface area contributed by atoms with E-state index in [0.29, 0.717) is 5.92 Å². The normalized spacial score (nSPS) is 17.9. The fraction of sp³-hybridized carbons (Fsp3) is 0.294. The van der Waals surface area contributed by atoms with Crippen LogP contribution >= 0.6 is 0 Å². The summed E-state index contributed by atoms with van der Waals surface area (Å²) in [5.41, 5.74) is 7.07. The topological polar surface area (TPSA) is 41.3 Å². The second kappa shape index (κ2) is 5.45. The number of nitrogens with zero attached hydrogens (tertiary/aromatic N) is 1. The number of hydrogen-bond acceptors (Lipinski definition) is 3. The SMILES string of the molecule is CCN(C[C@@H]1C=C(N)NC1)c1ccc2ccccc2c1. The maximum atomic E-state index is 5.79. The van der Waals surface area contributed by atoms with Crippen molar-refractivity contribution < 1.29 is 0 Å². The Hall–Kier alpha value is -2.16. The van der Waals surface area contributed by atoms with Crippen molar-refractivity contribution in [2.24, 2.45) is 11.7 Å². The van der Waals surface area contributed by atoms with E-state index < -0.39 is 0 Å². The Morgan fingerprint density at radius 1 is 1.20 bits per heavy atom. The van der Waals surface area contributed by atoms with Crippen molar-refractivity contribution >= 4 is 16.5 Å². The Bertz CT molecular complexity index is 633. The molecule has 3 nitrogen and oxygen atoms in total. The minimum absolute atomic E-state index is 0.487. The van der Waals surface area contributed by atoms with E-state index in [1.165, 1.54) is 16.5 Å². The van der Waals surface area contributed by atoms with Crippen LogP contribution in [0, 0.1) is 5.92 Å². The van der Waals surface area contributed by atoms with Gasteiger partial charge in [-0.3, -0.25) is 0 Å². The van der Waals surface area contributed by atoms with Gasteiger partial charge >= 0.3 is 0 Å². The molecule has 2 aromatic carbocycles. The van der Waals surface area contributed by atoms with Gasteiger partial charge in [-0.25, -0.2) is 0 Å². The lowest BCUT2D eigenvalue weighted by atomic mass is 10.1. The molecule has 3 rings (SSSR count). The van der Waals surface area contributed by atoms with E-state index in [1.807, 2.05) is 0 Å². The van der Waals surface area contributed by atoms with Gasteiger partial charge in [-0.2, -0.15) is 0 Å². The molecule has 104 valence electrons. The Morgan fingerprint density at radius 2 is 2.00 bits per heavy atom. The summed E-state index contributed by atoms with van der Waals surface area (Å²) in [6, 6.07) is 15.2. The van der Waals surface area contributed by atoms with Gasteiger partial charge in [-0.1, -0.05) is 30.3 Å². The molecule has 0 radical (unpaired) electrons. The van der Waals surface area contributed by atoms with Crippen LogP contribution in [0.2, 0.25) is 0 Å². The van der Waals surface area contributed by atoms with E-state index in [9.17, 15) is 0 Å². The molecule has 1 aliphatic rings. The molecule has 2 aromatic rings. The quantitative estimate of drug-likeness (QED) is 0.895. The van der Waals surface area contributed by atoms with E-state index in [2.05, 4.69) is 65.7 Å². The van der Waals surface area contributed by atoms with Gasteiger partial charge in [0.25, 0.3) is 0 Å². The third-order valence-corrected chi connectivity index (χ3v) is 3.92. The minimum atomic E-state index is 0.487. The van der Waals surface area contributed by atoms with Crippen molar-refractivity contribution in [3.63, 3.8) is 0 Å². The summed E-state index contributed by atoms with van der Waals surface area (Å²) in [5, 5.41) is 5.78. The average Bonchev–Trinajstić information content (AvgIpc) is 2.89. The lowest BCUT2D eigenvalue weighted by Gasteiger charge is -2.26. The molecule has 0 amide bonds. The fourth-order valence-corrected chi connectivity index (χ4v) is 2.81. The van der Waals surface area contributed by atoms with Gasteiger partial charge in [0, 0.05) is 31.2 Å². The average molecular weight is 267 g/mol. The molecule has 0 saturated carbocycles. The summed E-state index contributed by atoms with van der Waals surface area (Å²) in [6.45, 7) is 5.14. The highest BCUT2D eigenvalue weighted by Gasteiger charge is 2.16. The standard InChI is InChI=1S/C17H21N3/c1-2-20(12-13-9-17(18)19-11-13)16-8-7-14-5-3-4-6-15(14)10-16/h3-10,13,19H,2,11-12,18H2,1H3/t13-/m1/s1. The third-order valence-electron chi connectivity index (χ3n) is 3.92. The first-order valence-electron chi connectivity index (χ1n) is 7.21. The highest BCUT2D eigenvalue weighted by atomic mass is 15.1. The van der Waals surface area contributed by atoms with E-state index in [4.69, 9.17) is 5.73 Å². The number of rotatable bonds is 4. The zero-order valence-electron chi connectivity index (χ0n) is 11.8. The first kappa shape index (κ1) is 12.9. The number of hydrogen-bond donors (Lipinski definition) is 2. The van der Waals surface area contributed by atoms with Crippen molar-refractivity contribution in [2.45, 2.75) is 6.92 Å². The summed E-state index contributed by atoms with van der Waals surface area (Å²) in [4.78, 5) is 2.41. The Labute approximate surface area is 120 Å². The molecule has 1 aliphatic heterocycles. The number of nitrogens with two attached hydrogens (primary N) is 1. The van der Waals surface area contributed by atoms with Gasteiger partial charge in [0.15, 0.2) is 0 Å². The maximum Gasteiger partial charge on any atom is 0.0923 e. The number of nitrogens with one attached hydrogen (secondary N) is 1. The van der Waals surface area contributed by atoms with E-state index in [0.717, 1.165) is 25.5 Å². The third kappa shape index (κ3) is 2.57. The fourth-order valence-electron chi connectivity index (χ4n) is 2.81. The highest BCUT2D eigenvalue weighted by Crippen LogP contribution is 2.23. The number of fused-ring (bicyclic) bond motifs is 1. The zero-order chi connectivity index (χ0) is 13.9. The Morgan fingerprint density at radius 3 is 2.70 bits per heavy atom. The van der Waals surface area contributed by atoms with Crippen molar-refractivity contribution in [2.75, 3.05) is 24.5 Å². The van der Waals surface area contributed by atoms with Crippen LogP contribution in [-0.2, 0) is 0 Å². The molecule has 0 aromatic heterocycles. The van der Waals surface area contributed by atoms with Gasteiger partial charge in [-0.15, -0.1) is 0 Å². The van der Waals surface area contributed by atoms with Crippen LogP contribution in [-0.4, -0.2) is 19.6 Å². The van der Waals surface area contributed by atoms with Gasteiger partial charge in [-0.05, 0) is 35.9 Å². The van der Waals surface area contributed by atoms with Gasteiger partial charge < -0.3 is 16.0 Å². The number of anilines is 1. The molecular formula is C17H21N3. The van der Waals surface area contributed by atoms with Crippen LogP contribution in [0.25, 0.3) is 10.8 Å². The first-order valence-corrected chi connectivity index (χ1v) is 7.21. The molecule has 1 heterocycles. The lowest BCUT2D eigenvalue weighted by molar-refractivity contribution is 0.624. The molecule has 0 unspecified atom stereocenters. The van der Waals surface area contributed by atoms with Crippen LogP contribution < -0.4 is 16.0 Å². The molecule has 0 fully saturated rings. The molecule has 0 bridgehead atoms. The largest absolute Gasteiger partial charge is 0.386 e. The van der Waals surface area contributed by atoms with Crippen molar-refractivity contribution in [3.8, 4) is 0 Å². The summed E-state index contributed by atoms with van der Waals surface area (Å²) in [6.07, 6.45) is 2.13. The van der Waals surface area contributed by atoms with Crippen molar-refractivity contribution in [1.29, 1.82) is 0 Å². The molecule has 0 spiro atoms. The molecule has 1 atom stereocenters. The smallest absolute Gasteiger partial charge is 0.0923 e. The van der Waals surface area contributed by atoms with Crippen LogP contribution in [0.4, 0.5) is 5.69 Å². The zero-order valence-corrected chi connectivity index (χ0v) is 11.8. The van der Waals surface area contributed by atoms with Crippen LogP contribution in [0.15, 0.2) is 54.4 Å². The van der Waals surface area contributed by atoms with Crippen LogP contribution in [0.1, 0.15) is 6.92 Å². The molecule has 3 heteroatoms. The predicted molar refractivity (Wildman–Crippen MR) is 85.6 cm³/mol. The van der Waals surface area contributed by atoms with Gasteiger partial charge in [0.2, 0.25) is 0 Å². The van der Waals surface area contributed by atoms with E-state index >= 15 is 0 Å². The molecule has 0 aliphatic carbocycles. The van der Waals surface area contributed by atoms with E-state index in [-0.39, 0.29) is 0 Å². The summed E-state index contributed by atoms with van der Waals surface area (Å²) in [5.74, 6) is 1.30. The molecule has 20 heavy (non-hydrogen) atoms. The predicted octanol–water partition coefficient (Wildman–Crippen LogP) is 2.69. The van der Waals surface area contributed by atoms with Gasteiger partial charge in [0.05, 0.1) is 5.82 Å². The second-order valence-electron chi connectivity index (χ2n) is 5.33. The Balaban J connectivity index is 1.83. The lowest BCUT2D eigenvalue weighted by Crippen LogP contribution is -2.30. The van der Waals surface area contributed by atoms with E-state index in [1.54, 1.807) is 0 Å².